The zero-order chi connectivity index (χ0) is 12.0. The van der Waals surface area contributed by atoms with Gasteiger partial charge in [-0.15, -0.1) is 11.8 Å². The Morgan fingerprint density at radius 1 is 1.50 bits per heavy atom. The van der Waals surface area contributed by atoms with Crippen molar-refractivity contribution in [3.63, 3.8) is 0 Å². The summed E-state index contributed by atoms with van der Waals surface area (Å²) in [4.78, 5) is 12.6. The molecule has 1 heterocycles. The Bertz CT molecular complexity index is 223. The molecule has 1 fully saturated rings. The lowest BCUT2D eigenvalue weighted by molar-refractivity contribution is -0.128. The Morgan fingerprint density at radius 2 is 2.12 bits per heavy atom. The predicted octanol–water partition coefficient (Wildman–Crippen LogP) is 1.20. The quantitative estimate of drug-likeness (QED) is 0.798. The van der Waals surface area contributed by atoms with Gasteiger partial charge >= 0.3 is 0 Å². The van der Waals surface area contributed by atoms with Gasteiger partial charge in [0.2, 0.25) is 5.91 Å². The number of nitrogens with zero attached hydrogens (tertiary/aromatic N) is 1. The SMILES string of the molecule is CN(CC(F)F)C(=O)CSC1CCNCC1. The first-order valence-electron chi connectivity index (χ1n) is 5.44. The first-order chi connectivity index (χ1) is 7.59. The van der Waals surface area contributed by atoms with Crippen LogP contribution < -0.4 is 5.32 Å². The molecule has 1 saturated heterocycles. The minimum atomic E-state index is -2.45. The summed E-state index contributed by atoms with van der Waals surface area (Å²) in [6.07, 6.45) is -0.342. The molecule has 0 aliphatic carbocycles. The second kappa shape index (κ2) is 7.06. The molecule has 0 spiro atoms. The van der Waals surface area contributed by atoms with Crippen molar-refractivity contribution in [2.24, 2.45) is 0 Å². The summed E-state index contributed by atoms with van der Waals surface area (Å²) in [5.41, 5.74) is 0. The van der Waals surface area contributed by atoms with E-state index in [1.165, 1.54) is 7.05 Å². The molecule has 1 amide bonds. The van der Waals surface area contributed by atoms with Gasteiger partial charge in [0.25, 0.3) is 6.43 Å². The highest BCUT2D eigenvalue weighted by Crippen LogP contribution is 2.20. The summed E-state index contributed by atoms with van der Waals surface area (Å²) in [5, 5.41) is 3.73. The van der Waals surface area contributed by atoms with Crippen LogP contribution in [0.15, 0.2) is 0 Å². The lowest BCUT2D eigenvalue weighted by Gasteiger charge is -2.23. The maximum absolute atomic E-state index is 12.0. The maximum Gasteiger partial charge on any atom is 0.255 e. The van der Waals surface area contributed by atoms with Crippen molar-refractivity contribution in [1.29, 1.82) is 0 Å². The summed E-state index contributed by atoms with van der Waals surface area (Å²) in [6.45, 7) is 1.50. The average Bonchev–Trinajstić information content (AvgIpc) is 2.26. The van der Waals surface area contributed by atoms with Crippen LogP contribution in [-0.4, -0.2) is 54.9 Å². The summed E-state index contributed by atoms with van der Waals surface area (Å²) >= 11 is 1.58. The van der Waals surface area contributed by atoms with Crippen LogP contribution in [0, 0.1) is 0 Å². The number of carbonyl (C=O) groups is 1. The molecule has 1 rings (SSSR count). The molecule has 94 valence electrons. The van der Waals surface area contributed by atoms with Gasteiger partial charge in [-0.2, -0.15) is 0 Å². The van der Waals surface area contributed by atoms with Gasteiger partial charge in [0.05, 0.1) is 12.3 Å². The van der Waals surface area contributed by atoms with Gasteiger partial charge in [0.1, 0.15) is 0 Å². The van der Waals surface area contributed by atoms with Gasteiger partial charge in [-0.1, -0.05) is 0 Å². The van der Waals surface area contributed by atoms with Crippen LogP contribution in [0.5, 0.6) is 0 Å². The normalized spacial score (nSPS) is 17.8. The molecule has 0 saturated carbocycles. The van der Waals surface area contributed by atoms with E-state index in [-0.39, 0.29) is 5.91 Å². The van der Waals surface area contributed by atoms with E-state index in [2.05, 4.69) is 5.32 Å². The number of piperidine rings is 1. The molecule has 1 aliphatic heterocycles. The maximum atomic E-state index is 12.0. The van der Waals surface area contributed by atoms with Gasteiger partial charge in [-0.25, -0.2) is 8.78 Å². The van der Waals surface area contributed by atoms with E-state index in [1.807, 2.05) is 0 Å². The van der Waals surface area contributed by atoms with Crippen LogP contribution in [0.2, 0.25) is 0 Å². The van der Waals surface area contributed by atoms with Crippen molar-refractivity contribution in [2.75, 3.05) is 32.4 Å². The highest BCUT2D eigenvalue weighted by Gasteiger charge is 2.18. The number of hydrogen-bond acceptors (Lipinski definition) is 3. The Hall–Kier alpha value is -0.360. The van der Waals surface area contributed by atoms with E-state index in [0.717, 1.165) is 30.8 Å². The van der Waals surface area contributed by atoms with Gasteiger partial charge < -0.3 is 10.2 Å². The second-order valence-corrected chi connectivity index (χ2v) is 5.21. The predicted molar refractivity (Wildman–Crippen MR) is 62.0 cm³/mol. The zero-order valence-corrected chi connectivity index (χ0v) is 10.2. The third-order valence-corrected chi connectivity index (χ3v) is 3.92. The first-order valence-corrected chi connectivity index (χ1v) is 6.49. The van der Waals surface area contributed by atoms with Crippen LogP contribution >= 0.6 is 11.8 Å². The molecule has 0 atom stereocenters. The minimum Gasteiger partial charge on any atom is -0.339 e. The lowest BCUT2D eigenvalue weighted by Crippen LogP contribution is -2.34. The minimum absolute atomic E-state index is 0.205. The summed E-state index contributed by atoms with van der Waals surface area (Å²) in [6, 6.07) is 0. The molecule has 0 radical (unpaired) electrons. The fourth-order valence-corrected chi connectivity index (χ4v) is 2.74. The number of carbonyl (C=O) groups excluding carboxylic acids is 1. The topological polar surface area (TPSA) is 32.3 Å². The molecule has 0 aromatic rings. The Morgan fingerprint density at radius 3 is 2.69 bits per heavy atom. The van der Waals surface area contributed by atoms with Crippen LogP contribution in [0.25, 0.3) is 0 Å². The highest BCUT2D eigenvalue weighted by molar-refractivity contribution is 8.00. The van der Waals surface area contributed by atoms with Gasteiger partial charge in [0, 0.05) is 12.3 Å². The molecular weight excluding hydrogens is 234 g/mol. The number of rotatable bonds is 5. The van der Waals surface area contributed by atoms with E-state index in [4.69, 9.17) is 0 Å². The third kappa shape index (κ3) is 5.12. The molecule has 0 unspecified atom stereocenters. The smallest absolute Gasteiger partial charge is 0.255 e. The summed E-state index contributed by atoms with van der Waals surface area (Å²) < 4.78 is 24.1. The van der Waals surface area contributed by atoms with E-state index >= 15 is 0 Å². The summed E-state index contributed by atoms with van der Waals surface area (Å²) in [5.74, 6) is 0.109. The molecule has 0 bridgehead atoms. The van der Waals surface area contributed by atoms with Crippen molar-refractivity contribution in [1.82, 2.24) is 10.2 Å². The van der Waals surface area contributed by atoms with Crippen molar-refractivity contribution < 1.29 is 13.6 Å². The number of thioether (sulfide) groups is 1. The second-order valence-electron chi connectivity index (χ2n) is 3.93. The number of nitrogens with one attached hydrogen (secondary N) is 1. The van der Waals surface area contributed by atoms with Crippen molar-refractivity contribution in [3.05, 3.63) is 0 Å². The van der Waals surface area contributed by atoms with Crippen LogP contribution in [0.1, 0.15) is 12.8 Å². The van der Waals surface area contributed by atoms with Crippen molar-refractivity contribution >= 4 is 17.7 Å². The average molecular weight is 252 g/mol. The molecule has 1 N–H and O–H groups in total. The Balaban J connectivity index is 2.17. The van der Waals surface area contributed by atoms with Gasteiger partial charge in [-0.3, -0.25) is 4.79 Å². The number of alkyl halides is 2. The van der Waals surface area contributed by atoms with Crippen molar-refractivity contribution in [2.45, 2.75) is 24.5 Å². The zero-order valence-electron chi connectivity index (χ0n) is 9.42. The first kappa shape index (κ1) is 13.7. The standard InChI is InChI=1S/C10H18F2N2OS/c1-14(6-9(11)12)10(15)7-16-8-2-4-13-5-3-8/h8-9,13H,2-7H2,1H3. The van der Waals surface area contributed by atoms with E-state index in [9.17, 15) is 13.6 Å². The molecule has 6 heteroatoms. The van der Waals surface area contributed by atoms with Crippen LogP contribution in [0.3, 0.4) is 0 Å². The molecule has 1 aliphatic rings. The largest absolute Gasteiger partial charge is 0.339 e. The molecule has 0 aromatic heterocycles. The van der Waals surface area contributed by atoms with E-state index in [0.29, 0.717) is 11.0 Å². The highest BCUT2D eigenvalue weighted by atomic mass is 32.2. The Kier molecular flexibility index (Phi) is 6.05. The summed E-state index contributed by atoms with van der Waals surface area (Å²) in [7, 11) is 1.43. The number of hydrogen-bond donors (Lipinski definition) is 1. The van der Waals surface area contributed by atoms with Crippen molar-refractivity contribution in [3.8, 4) is 0 Å². The third-order valence-electron chi connectivity index (χ3n) is 2.57. The lowest BCUT2D eigenvalue weighted by atomic mass is 10.2. The van der Waals surface area contributed by atoms with Gasteiger partial charge in [-0.05, 0) is 25.9 Å². The van der Waals surface area contributed by atoms with Crippen LogP contribution in [0.4, 0.5) is 8.78 Å². The molecule has 16 heavy (non-hydrogen) atoms. The Labute approximate surface area is 98.9 Å². The molecule has 3 nitrogen and oxygen atoms in total. The molecular formula is C10H18F2N2OS. The fraction of sp³-hybridized carbons (Fsp3) is 0.900. The number of halogens is 2. The fourth-order valence-electron chi connectivity index (χ4n) is 1.57. The van der Waals surface area contributed by atoms with Gasteiger partial charge in [0.15, 0.2) is 0 Å². The monoisotopic (exact) mass is 252 g/mol. The van der Waals surface area contributed by atoms with E-state index < -0.39 is 13.0 Å². The number of amides is 1. The van der Waals surface area contributed by atoms with E-state index in [1.54, 1.807) is 11.8 Å². The van der Waals surface area contributed by atoms with Crippen LogP contribution in [-0.2, 0) is 4.79 Å². The molecule has 0 aromatic carbocycles.